The molecule has 1 aromatic heterocycles. The average Bonchev–Trinajstić information content (AvgIpc) is 3.72. The second kappa shape index (κ2) is 14.5. The van der Waals surface area contributed by atoms with E-state index in [1.165, 1.54) is 5.56 Å². The molecule has 0 saturated carbocycles. The minimum Gasteiger partial charge on any atom is -0.489 e. The molecule has 278 valence electrons. The molecule has 0 N–H and O–H groups in total. The Morgan fingerprint density at radius 2 is 1.44 bits per heavy atom. The molecule has 0 spiro atoms. The SMILES string of the molecule is Cc1c(C(=O)N(C)c2ccc(OCc3ccccc3)cc2)cc(-c2cc3c(cc2C(=O)N2Cc4ccccc4C[C@H]2C)CN(C(=O)OC(C)(C)C)C3)n1C. The van der Waals surface area contributed by atoms with Crippen LogP contribution in [0, 0.1) is 6.92 Å². The zero-order valence-corrected chi connectivity index (χ0v) is 32.2. The third-order valence-corrected chi connectivity index (χ3v) is 10.5. The molecule has 0 unspecified atom stereocenters. The number of benzene rings is 4. The maximum absolute atomic E-state index is 14.7. The lowest BCUT2D eigenvalue weighted by molar-refractivity contribution is 0.0241. The maximum Gasteiger partial charge on any atom is 0.410 e. The highest BCUT2D eigenvalue weighted by Crippen LogP contribution is 2.37. The van der Waals surface area contributed by atoms with Crippen LogP contribution in [0.1, 0.15) is 81.9 Å². The molecule has 1 atom stereocenters. The summed E-state index contributed by atoms with van der Waals surface area (Å²) in [4.78, 5) is 47.3. The van der Waals surface area contributed by atoms with Crippen LogP contribution in [0.15, 0.2) is 97.1 Å². The summed E-state index contributed by atoms with van der Waals surface area (Å²) >= 11 is 0. The zero-order chi connectivity index (χ0) is 38.3. The zero-order valence-electron chi connectivity index (χ0n) is 32.2. The number of carbonyl (C=O) groups excluding carboxylic acids is 3. The predicted octanol–water partition coefficient (Wildman–Crippen LogP) is 8.69. The second-order valence-electron chi connectivity index (χ2n) is 15.5. The Hall–Kier alpha value is -5.83. The molecule has 0 radical (unpaired) electrons. The van der Waals surface area contributed by atoms with Gasteiger partial charge in [0.2, 0.25) is 0 Å². The van der Waals surface area contributed by atoms with Crippen molar-refractivity contribution in [3.05, 3.63) is 142 Å². The lowest BCUT2D eigenvalue weighted by Gasteiger charge is -2.35. The van der Waals surface area contributed by atoms with Gasteiger partial charge < -0.3 is 23.8 Å². The van der Waals surface area contributed by atoms with Crippen molar-refractivity contribution in [1.82, 2.24) is 14.4 Å². The topological polar surface area (TPSA) is 84.3 Å². The molecular weight excluding hydrogens is 677 g/mol. The van der Waals surface area contributed by atoms with E-state index in [-0.39, 0.29) is 17.9 Å². The summed E-state index contributed by atoms with van der Waals surface area (Å²) in [7, 11) is 3.69. The molecule has 0 aliphatic carbocycles. The normalized spacial score (nSPS) is 15.1. The summed E-state index contributed by atoms with van der Waals surface area (Å²) in [5.74, 6) is 0.467. The van der Waals surface area contributed by atoms with Crippen molar-refractivity contribution in [2.24, 2.45) is 7.05 Å². The Morgan fingerprint density at radius 1 is 0.796 bits per heavy atom. The molecule has 7 rings (SSSR count). The van der Waals surface area contributed by atoms with Gasteiger partial charge in [-0.3, -0.25) is 14.5 Å². The summed E-state index contributed by atoms with van der Waals surface area (Å²) in [6.07, 6.45) is 0.374. The van der Waals surface area contributed by atoms with E-state index in [0.29, 0.717) is 43.1 Å². The monoisotopic (exact) mass is 724 g/mol. The molecule has 3 heterocycles. The molecule has 9 heteroatoms. The van der Waals surface area contributed by atoms with E-state index < -0.39 is 11.7 Å². The number of aromatic nitrogens is 1. The predicted molar refractivity (Wildman–Crippen MR) is 210 cm³/mol. The van der Waals surface area contributed by atoms with Gasteiger partial charge in [0.15, 0.2) is 0 Å². The number of nitrogens with zero attached hydrogens (tertiary/aromatic N) is 4. The first-order chi connectivity index (χ1) is 25.8. The highest BCUT2D eigenvalue weighted by atomic mass is 16.6. The Balaban J connectivity index is 1.20. The van der Waals surface area contributed by atoms with Crippen molar-refractivity contribution in [3.8, 4) is 17.0 Å². The van der Waals surface area contributed by atoms with Crippen molar-refractivity contribution >= 4 is 23.6 Å². The fourth-order valence-corrected chi connectivity index (χ4v) is 7.38. The number of rotatable bonds is 7. The molecule has 54 heavy (non-hydrogen) atoms. The van der Waals surface area contributed by atoms with Crippen molar-refractivity contribution in [2.75, 3.05) is 11.9 Å². The molecule has 0 saturated heterocycles. The van der Waals surface area contributed by atoms with E-state index in [9.17, 15) is 14.4 Å². The first-order valence-corrected chi connectivity index (χ1v) is 18.5. The Kier molecular flexibility index (Phi) is 9.83. The molecule has 2 aliphatic rings. The van der Waals surface area contributed by atoms with Gasteiger partial charge in [-0.2, -0.15) is 0 Å². The number of hydrogen-bond acceptors (Lipinski definition) is 5. The van der Waals surface area contributed by atoms with Crippen LogP contribution in [0.4, 0.5) is 10.5 Å². The van der Waals surface area contributed by atoms with Crippen molar-refractivity contribution in [2.45, 2.75) is 78.9 Å². The van der Waals surface area contributed by atoms with Crippen molar-refractivity contribution in [1.29, 1.82) is 0 Å². The third kappa shape index (κ3) is 7.36. The summed E-state index contributed by atoms with van der Waals surface area (Å²) in [5.41, 5.74) is 8.77. The first-order valence-electron chi connectivity index (χ1n) is 18.5. The Morgan fingerprint density at radius 3 is 2.13 bits per heavy atom. The number of hydrogen-bond donors (Lipinski definition) is 0. The van der Waals surface area contributed by atoms with E-state index in [4.69, 9.17) is 9.47 Å². The number of amides is 3. The van der Waals surface area contributed by atoms with Gasteiger partial charge in [-0.1, -0.05) is 54.6 Å². The highest BCUT2D eigenvalue weighted by Gasteiger charge is 2.34. The van der Waals surface area contributed by atoms with E-state index >= 15 is 0 Å². The lowest BCUT2D eigenvalue weighted by atomic mass is 9.92. The van der Waals surface area contributed by atoms with Crippen molar-refractivity contribution < 1.29 is 23.9 Å². The van der Waals surface area contributed by atoms with Crippen LogP contribution >= 0.6 is 0 Å². The minimum absolute atomic E-state index is 0.0113. The van der Waals surface area contributed by atoms with Crippen LogP contribution in [0.2, 0.25) is 0 Å². The van der Waals surface area contributed by atoms with Crippen LogP contribution in [-0.2, 0) is 44.4 Å². The Labute approximate surface area is 317 Å². The van der Waals surface area contributed by atoms with Gasteiger partial charge in [0.05, 0.1) is 5.56 Å². The molecule has 0 fully saturated rings. The summed E-state index contributed by atoms with van der Waals surface area (Å²) in [6.45, 7) is 11.2. The van der Waals surface area contributed by atoms with E-state index in [2.05, 4.69) is 19.1 Å². The fraction of sp³-hybridized carbons (Fsp3) is 0.311. The molecule has 0 bridgehead atoms. The summed E-state index contributed by atoms with van der Waals surface area (Å²) < 4.78 is 13.7. The highest BCUT2D eigenvalue weighted by molar-refractivity contribution is 6.08. The maximum atomic E-state index is 14.7. The van der Waals surface area contributed by atoms with E-state index in [0.717, 1.165) is 51.3 Å². The van der Waals surface area contributed by atoms with Crippen LogP contribution in [-0.4, -0.2) is 51.0 Å². The van der Waals surface area contributed by atoms with Gasteiger partial charge in [0.25, 0.3) is 11.8 Å². The fourth-order valence-electron chi connectivity index (χ4n) is 7.38. The van der Waals surface area contributed by atoms with Gasteiger partial charge in [-0.05, 0) is 111 Å². The minimum atomic E-state index is -0.631. The second-order valence-corrected chi connectivity index (χ2v) is 15.5. The number of carbonyl (C=O) groups is 3. The average molecular weight is 725 g/mol. The molecule has 3 amide bonds. The first kappa shape index (κ1) is 36.5. The van der Waals surface area contributed by atoms with Gasteiger partial charge in [-0.25, -0.2) is 4.79 Å². The molecular formula is C45H48N4O5. The largest absolute Gasteiger partial charge is 0.489 e. The van der Waals surface area contributed by atoms with E-state index in [1.807, 2.05) is 129 Å². The summed E-state index contributed by atoms with van der Waals surface area (Å²) in [5, 5.41) is 0. The van der Waals surface area contributed by atoms with Crippen LogP contribution in [0.5, 0.6) is 5.75 Å². The number of anilines is 1. The van der Waals surface area contributed by atoms with Gasteiger partial charge >= 0.3 is 6.09 Å². The Bertz CT molecular complexity index is 2220. The third-order valence-electron chi connectivity index (χ3n) is 10.5. The number of fused-ring (bicyclic) bond motifs is 2. The quantitative estimate of drug-likeness (QED) is 0.168. The molecule has 5 aromatic rings. The number of ether oxygens (including phenoxy) is 2. The van der Waals surface area contributed by atoms with Gasteiger partial charge in [0, 0.05) is 68.0 Å². The van der Waals surface area contributed by atoms with Crippen LogP contribution in [0.3, 0.4) is 0 Å². The standard InChI is InChI=1S/C45H48N4O5/c1-29-21-32-15-11-12-16-33(32)27-49(29)43(51)40-23-35-26-48(44(52)54-45(3,4)5)25-34(35)22-39(40)41-24-38(30(2)46(41)6)42(50)47(7)36-17-19-37(20-18-36)53-28-31-13-9-8-10-14-31/h8-20,22-24,29H,21,25-28H2,1-7H3/t29-/m1/s1. The van der Waals surface area contributed by atoms with E-state index in [1.54, 1.807) is 16.8 Å². The van der Waals surface area contributed by atoms with Crippen LogP contribution in [0.25, 0.3) is 11.3 Å². The molecule has 4 aromatic carbocycles. The van der Waals surface area contributed by atoms with Crippen LogP contribution < -0.4 is 9.64 Å². The van der Waals surface area contributed by atoms with Crippen molar-refractivity contribution in [3.63, 3.8) is 0 Å². The lowest BCUT2D eigenvalue weighted by Crippen LogP contribution is -2.42. The molecule has 9 nitrogen and oxygen atoms in total. The van der Waals surface area contributed by atoms with Gasteiger partial charge in [0.1, 0.15) is 18.0 Å². The molecule has 2 aliphatic heterocycles. The smallest absolute Gasteiger partial charge is 0.410 e. The summed E-state index contributed by atoms with van der Waals surface area (Å²) in [6, 6.07) is 31.6. The van der Waals surface area contributed by atoms with Gasteiger partial charge in [-0.15, -0.1) is 0 Å².